The molecule has 0 spiro atoms. The summed E-state index contributed by atoms with van der Waals surface area (Å²) in [6, 6.07) is 9.11. The van der Waals surface area contributed by atoms with Gasteiger partial charge in [-0.1, -0.05) is 23.2 Å². The van der Waals surface area contributed by atoms with Gasteiger partial charge in [0, 0.05) is 12.1 Å². The first kappa shape index (κ1) is 14.0. The summed E-state index contributed by atoms with van der Waals surface area (Å²) < 4.78 is 5.72. The molecule has 1 aromatic heterocycles. The molecule has 0 saturated carbocycles. The maximum atomic E-state index is 6.09. The predicted octanol–water partition coefficient (Wildman–Crippen LogP) is 4.32. The van der Waals surface area contributed by atoms with Crippen LogP contribution in [0.4, 0.5) is 5.82 Å². The molecule has 0 unspecified atom stereocenters. The average Bonchev–Trinajstić information content (AvgIpc) is 2.39. The van der Waals surface area contributed by atoms with E-state index in [9.17, 15) is 0 Å². The van der Waals surface area contributed by atoms with Crippen molar-refractivity contribution in [3.63, 3.8) is 0 Å². The van der Waals surface area contributed by atoms with Crippen LogP contribution in [-0.4, -0.2) is 12.0 Å². The number of nitrogens with one attached hydrogen (secondary N) is 1. The van der Waals surface area contributed by atoms with E-state index in [1.54, 1.807) is 12.1 Å². The fourth-order valence-electron chi connectivity index (χ4n) is 1.65. The standard InChI is InChI=1S/C14H14Cl2N2O/c1-9-7-10(15)3-5-13(9)19-8-12-11(16)4-6-14(17-2)18-12/h3-7H,8H2,1-2H3,(H,17,18). The Morgan fingerprint density at radius 1 is 1.21 bits per heavy atom. The Labute approximate surface area is 122 Å². The molecule has 0 aliphatic carbocycles. The van der Waals surface area contributed by atoms with Crippen molar-refractivity contribution in [2.75, 3.05) is 12.4 Å². The number of pyridine rings is 1. The summed E-state index contributed by atoms with van der Waals surface area (Å²) in [6.45, 7) is 2.26. The first-order chi connectivity index (χ1) is 9.10. The first-order valence-corrected chi connectivity index (χ1v) is 6.58. The number of aromatic nitrogens is 1. The first-order valence-electron chi connectivity index (χ1n) is 5.82. The summed E-state index contributed by atoms with van der Waals surface area (Å²) in [5, 5.41) is 4.25. The summed E-state index contributed by atoms with van der Waals surface area (Å²) in [5.74, 6) is 1.54. The Morgan fingerprint density at radius 3 is 2.68 bits per heavy atom. The summed E-state index contributed by atoms with van der Waals surface area (Å²) in [5.41, 5.74) is 1.68. The minimum atomic E-state index is 0.316. The van der Waals surface area contributed by atoms with E-state index in [1.165, 1.54) is 0 Å². The summed E-state index contributed by atoms with van der Waals surface area (Å²) in [6.07, 6.45) is 0. The molecule has 0 bridgehead atoms. The second kappa shape index (κ2) is 6.13. The van der Waals surface area contributed by atoms with Crippen LogP contribution in [-0.2, 0) is 6.61 Å². The van der Waals surface area contributed by atoms with Gasteiger partial charge in [-0.05, 0) is 42.8 Å². The van der Waals surface area contributed by atoms with E-state index >= 15 is 0 Å². The van der Waals surface area contributed by atoms with Crippen molar-refractivity contribution in [1.82, 2.24) is 4.98 Å². The van der Waals surface area contributed by atoms with Crippen molar-refractivity contribution in [2.45, 2.75) is 13.5 Å². The molecule has 1 aromatic carbocycles. The van der Waals surface area contributed by atoms with E-state index in [1.807, 2.05) is 32.2 Å². The average molecular weight is 297 g/mol. The van der Waals surface area contributed by atoms with Crippen LogP contribution in [0.2, 0.25) is 10.0 Å². The summed E-state index contributed by atoms with van der Waals surface area (Å²) in [7, 11) is 1.81. The van der Waals surface area contributed by atoms with Gasteiger partial charge in [-0.25, -0.2) is 4.98 Å². The van der Waals surface area contributed by atoms with Crippen LogP contribution in [0, 0.1) is 6.92 Å². The fourth-order valence-corrected chi connectivity index (χ4v) is 2.03. The Balaban J connectivity index is 2.14. The van der Waals surface area contributed by atoms with Crippen molar-refractivity contribution in [3.05, 3.63) is 51.6 Å². The van der Waals surface area contributed by atoms with Crippen LogP contribution in [0.15, 0.2) is 30.3 Å². The number of rotatable bonds is 4. The van der Waals surface area contributed by atoms with E-state index in [0.29, 0.717) is 22.3 Å². The summed E-state index contributed by atoms with van der Waals surface area (Å²) >= 11 is 12.0. The Kier molecular flexibility index (Phi) is 4.51. The molecule has 1 heterocycles. The Hall–Kier alpha value is -1.45. The molecule has 0 atom stereocenters. The second-order valence-corrected chi connectivity index (χ2v) is 4.92. The van der Waals surface area contributed by atoms with E-state index < -0.39 is 0 Å². The third-order valence-corrected chi connectivity index (χ3v) is 3.26. The number of nitrogens with zero attached hydrogens (tertiary/aromatic N) is 1. The Morgan fingerprint density at radius 2 is 2.00 bits per heavy atom. The summed E-state index contributed by atoms with van der Waals surface area (Å²) in [4.78, 5) is 4.36. The molecule has 2 aromatic rings. The maximum absolute atomic E-state index is 6.09. The lowest BCUT2D eigenvalue weighted by molar-refractivity contribution is 0.299. The van der Waals surface area contributed by atoms with E-state index in [4.69, 9.17) is 27.9 Å². The van der Waals surface area contributed by atoms with E-state index in [-0.39, 0.29) is 0 Å². The van der Waals surface area contributed by atoms with Gasteiger partial charge in [0.15, 0.2) is 0 Å². The number of anilines is 1. The quantitative estimate of drug-likeness (QED) is 0.912. The zero-order chi connectivity index (χ0) is 13.8. The van der Waals surface area contributed by atoms with Gasteiger partial charge >= 0.3 is 0 Å². The lowest BCUT2D eigenvalue weighted by Crippen LogP contribution is -2.02. The van der Waals surface area contributed by atoms with E-state index in [0.717, 1.165) is 17.1 Å². The minimum absolute atomic E-state index is 0.316. The highest BCUT2D eigenvalue weighted by molar-refractivity contribution is 6.31. The zero-order valence-corrected chi connectivity index (χ0v) is 12.2. The van der Waals surface area contributed by atoms with Gasteiger partial charge in [0.05, 0.1) is 10.7 Å². The van der Waals surface area contributed by atoms with Crippen molar-refractivity contribution >= 4 is 29.0 Å². The van der Waals surface area contributed by atoms with Crippen molar-refractivity contribution in [2.24, 2.45) is 0 Å². The number of benzene rings is 1. The molecule has 0 saturated heterocycles. The number of hydrogen-bond acceptors (Lipinski definition) is 3. The number of hydrogen-bond donors (Lipinski definition) is 1. The fraction of sp³-hybridized carbons (Fsp3) is 0.214. The van der Waals surface area contributed by atoms with Gasteiger partial charge < -0.3 is 10.1 Å². The maximum Gasteiger partial charge on any atom is 0.132 e. The molecule has 0 fully saturated rings. The van der Waals surface area contributed by atoms with Crippen LogP contribution in [0.5, 0.6) is 5.75 Å². The topological polar surface area (TPSA) is 34.1 Å². The number of ether oxygens (including phenoxy) is 1. The monoisotopic (exact) mass is 296 g/mol. The molecule has 19 heavy (non-hydrogen) atoms. The second-order valence-electron chi connectivity index (χ2n) is 4.07. The molecule has 3 nitrogen and oxygen atoms in total. The van der Waals surface area contributed by atoms with Crippen molar-refractivity contribution in [3.8, 4) is 5.75 Å². The largest absolute Gasteiger partial charge is 0.487 e. The van der Waals surface area contributed by atoms with Crippen LogP contribution in [0.1, 0.15) is 11.3 Å². The number of halogens is 2. The third kappa shape index (κ3) is 3.52. The highest BCUT2D eigenvalue weighted by Gasteiger charge is 2.06. The zero-order valence-electron chi connectivity index (χ0n) is 10.7. The highest BCUT2D eigenvalue weighted by atomic mass is 35.5. The van der Waals surface area contributed by atoms with Gasteiger partial charge in [-0.3, -0.25) is 0 Å². The van der Waals surface area contributed by atoms with Crippen LogP contribution in [0.3, 0.4) is 0 Å². The minimum Gasteiger partial charge on any atom is -0.487 e. The Bertz CT molecular complexity index is 588. The van der Waals surface area contributed by atoms with Crippen LogP contribution >= 0.6 is 23.2 Å². The SMILES string of the molecule is CNc1ccc(Cl)c(COc2ccc(Cl)cc2C)n1. The number of aryl methyl sites for hydroxylation is 1. The highest BCUT2D eigenvalue weighted by Crippen LogP contribution is 2.24. The smallest absolute Gasteiger partial charge is 0.132 e. The molecular weight excluding hydrogens is 283 g/mol. The normalized spacial score (nSPS) is 10.3. The van der Waals surface area contributed by atoms with Crippen LogP contribution in [0.25, 0.3) is 0 Å². The molecular formula is C14H14Cl2N2O. The molecule has 1 N–H and O–H groups in total. The third-order valence-electron chi connectivity index (χ3n) is 2.68. The van der Waals surface area contributed by atoms with Crippen molar-refractivity contribution in [1.29, 1.82) is 0 Å². The van der Waals surface area contributed by atoms with Gasteiger partial charge in [0.2, 0.25) is 0 Å². The van der Waals surface area contributed by atoms with Crippen LogP contribution < -0.4 is 10.1 Å². The van der Waals surface area contributed by atoms with E-state index in [2.05, 4.69) is 10.3 Å². The lowest BCUT2D eigenvalue weighted by atomic mass is 10.2. The van der Waals surface area contributed by atoms with Gasteiger partial charge in [0.25, 0.3) is 0 Å². The molecule has 5 heteroatoms. The molecule has 2 rings (SSSR count). The van der Waals surface area contributed by atoms with Gasteiger partial charge in [-0.2, -0.15) is 0 Å². The molecule has 100 valence electrons. The predicted molar refractivity (Wildman–Crippen MR) is 79.3 cm³/mol. The molecule has 0 amide bonds. The van der Waals surface area contributed by atoms with Gasteiger partial charge in [-0.15, -0.1) is 0 Å². The van der Waals surface area contributed by atoms with Gasteiger partial charge in [0.1, 0.15) is 18.2 Å². The molecule has 0 aliphatic heterocycles. The van der Waals surface area contributed by atoms with Crippen molar-refractivity contribution < 1.29 is 4.74 Å². The molecule has 0 aliphatic rings. The molecule has 0 radical (unpaired) electrons. The lowest BCUT2D eigenvalue weighted by Gasteiger charge is -2.11.